The maximum Gasteiger partial charge on any atom is 0.256 e. The minimum Gasteiger partial charge on any atom is -0.489 e. The number of hydrogen-bond acceptors (Lipinski definition) is 3. The molecule has 0 bridgehead atoms. The van der Waals surface area contributed by atoms with Crippen LogP contribution in [0.3, 0.4) is 0 Å². The van der Waals surface area contributed by atoms with Crippen LogP contribution in [0.2, 0.25) is 5.02 Å². The van der Waals surface area contributed by atoms with Crippen LogP contribution in [-0.4, -0.2) is 15.7 Å². The average molecular weight is 464 g/mol. The summed E-state index contributed by atoms with van der Waals surface area (Å²) in [6.45, 7) is 4.76. The van der Waals surface area contributed by atoms with Gasteiger partial charge in [0.1, 0.15) is 18.2 Å². The molecule has 33 heavy (non-hydrogen) atoms. The molecule has 168 valence electrons. The predicted molar refractivity (Wildman–Crippen MR) is 127 cm³/mol. The normalized spacial score (nSPS) is 10.8. The van der Waals surface area contributed by atoms with Crippen molar-refractivity contribution in [3.05, 3.63) is 112 Å². The third-order valence-electron chi connectivity index (χ3n) is 5.17. The van der Waals surface area contributed by atoms with E-state index in [-0.39, 0.29) is 11.7 Å². The standard InChI is InChI=1S/C26H23ClFN3O2/c1-17-13-23(14-18(2)25(17)27)33-16-20-3-7-21(8-4-20)26(32)29-24-11-12-31(30-24)15-19-5-9-22(28)10-6-19/h3-14H,15-16H2,1-2H3,(H,29,30,32). The van der Waals surface area contributed by atoms with Gasteiger partial charge in [-0.1, -0.05) is 35.9 Å². The van der Waals surface area contributed by atoms with Crippen LogP contribution in [0.1, 0.15) is 32.6 Å². The smallest absolute Gasteiger partial charge is 0.256 e. The van der Waals surface area contributed by atoms with Gasteiger partial charge in [-0.05, 0) is 72.5 Å². The van der Waals surface area contributed by atoms with Crippen LogP contribution < -0.4 is 10.1 Å². The Hall–Kier alpha value is -3.64. The molecule has 0 fully saturated rings. The number of nitrogens with one attached hydrogen (secondary N) is 1. The lowest BCUT2D eigenvalue weighted by Crippen LogP contribution is -2.13. The van der Waals surface area contributed by atoms with E-state index in [1.165, 1.54) is 12.1 Å². The van der Waals surface area contributed by atoms with E-state index in [4.69, 9.17) is 16.3 Å². The Morgan fingerprint density at radius 2 is 1.64 bits per heavy atom. The Bertz CT molecular complexity index is 1240. The highest BCUT2D eigenvalue weighted by Crippen LogP contribution is 2.26. The van der Waals surface area contributed by atoms with Crippen molar-refractivity contribution in [2.75, 3.05) is 5.32 Å². The van der Waals surface area contributed by atoms with Gasteiger partial charge < -0.3 is 10.1 Å². The number of ether oxygens (including phenoxy) is 1. The fourth-order valence-electron chi connectivity index (χ4n) is 3.39. The summed E-state index contributed by atoms with van der Waals surface area (Å²) >= 11 is 6.20. The largest absolute Gasteiger partial charge is 0.489 e. The molecule has 3 aromatic carbocycles. The molecule has 0 unspecified atom stereocenters. The molecule has 4 rings (SSSR count). The van der Waals surface area contributed by atoms with E-state index in [1.54, 1.807) is 41.2 Å². The number of benzene rings is 3. The van der Waals surface area contributed by atoms with Crippen molar-refractivity contribution in [3.63, 3.8) is 0 Å². The lowest BCUT2D eigenvalue weighted by Gasteiger charge is -2.10. The van der Waals surface area contributed by atoms with Gasteiger partial charge >= 0.3 is 0 Å². The lowest BCUT2D eigenvalue weighted by molar-refractivity contribution is 0.102. The number of hydrogen-bond donors (Lipinski definition) is 1. The molecule has 0 radical (unpaired) electrons. The van der Waals surface area contributed by atoms with Crippen LogP contribution in [0.5, 0.6) is 5.75 Å². The minimum atomic E-state index is -0.278. The first-order valence-electron chi connectivity index (χ1n) is 10.4. The average Bonchev–Trinajstić information content (AvgIpc) is 3.24. The zero-order chi connectivity index (χ0) is 23.4. The number of nitrogens with zero attached hydrogens (tertiary/aromatic N) is 2. The van der Waals surface area contributed by atoms with Gasteiger partial charge in [-0.3, -0.25) is 9.48 Å². The highest BCUT2D eigenvalue weighted by molar-refractivity contribution is 6.32. The lowest BCUT2D eigenvalue weighted by atomic mass is 10.1. The van der Waals surface area contributed by atoms with E-state index in [9.17, 15) is 9.18 Å². The van der Waals surface area contributed by atoms with Gasteiger partial charge in [0, 0.05) is 22.8 Å². The van der Waals surface area contributed by atoms with Gasteiger partial charge in [0.25, 0.3) is 5.91 Å². The van der Waals surface area contributed by atoms with Crippen LogP contribution in [-0.2, 0) is 13.2 Å². The molecule has 1 heterocycles. The molecule has 0 aliphatic carbocycles. The third-order valence-corrected chi connectivity index (χ3v) is 5.77. The number of aromatic nitrogens is 2. The maximum absolute atomic E-state index is 13.0. The number of amides is 1. The summed E-state index contributed by atoms with van der Waals surface area (Å²) in [5.74, 6) is 0.675. The van der Waals surface area contributed by atoms with Gasteiger partial charge in [-0.2, -0.15) is 5.10 Å². The molecule has 0 spiro atoms. The van der Waals surface area contributed by atoms with E-state index in [1.807, 2.05) is 38.1 Å². The molecule has 0 aliphatic rings. The Morgan fingerprint density at radius 1 is 1.00 bits per heavy atom. The van der Waals surface area contributed by atoms with Crippen molar-refractivity contribution >= 4 is 23.3 Å². The summed E-state index contributed by atoms with van der Waals surface area (Å²) < 4.78 is 20.6. The second-order valence-corrected chi connectivity index (χ2v) is 8.21. The highest BCUT2D eigenvalue weighted by Gasteiger charge is 2.09. The molecule has 0 saturated heterocycles. The Kier molecular flexibility index (Phi) is 6.75. The van der Waals surface area contributed by atoms with E-state index >= 15 is 0 Å². The number of anilines is 1. The summed E-state index contributed by atoms with van der Waals surface area (Å²) in [5.41, 5.74) is 4.32. The quantitative estimate of drug-likeness (QED) is 0.356. The first-order chi connectivity index (χ1) is 15.9. The van der Waals surface area contributed by atoms with Crippen LogP contribution in [0.4, 0.5) is 10.2 Å². The topological polar surface area (TPSA) is 56.1 Å². The first kappa shape index (κ1) is 22.6. The summed E-state index contributed by atoms with van der Waals surface area (Å²) in [7, 11) is 0. The number of carbonyl (C=O) groups excluding carboxylic acids is 1. The molecule has 0 atom stereocenters. The summed E-state index contributed by atoms with van der Waals surface area (Å²) in [6, 6.07) is 19.0. The van der Waals surface area contributed by atoms with E-state index in [0.29, 0.717) is 24.5 Å². The zero-order valence-electron chi connectivity index (χ0n) is 18.3. The van der Waals surface area contributed by atoms with Gasteiger partial charge in [0.05, 0.1) is 6.54 Å². The van der Waals surface area contributed by atoms with Gasteiger partial charge in [0.15, 0.2) is 5.82 Å². The van der Waals surface area contributed by atoms with E-state index in [2.05, 4.69) is 10.4 Å². The van der Waals surface area contributed by atoms with Crippen LogP contribution in [0.15, 0.2) is 72.9 Å². The number of rotatable bonds is 7. The second kappa shape index (κ2) is 9.88. The van der Waals surface area contributed by atoms with Gasteiger partial charge in [0.2, 0.25) is 0 Å². The SMILES string of the molecule is Cc1cc(OCc2ccc(C(=O)Nc3ccn(Cc4ccc(F)cc4)n3)cc2)cc(C)c1Cl. The predicted octanol–water partition coefficient (Wildman–Crippen LogP) is 6.17. The van der Waals surface area contributed by atoms with Crippen LogP contribution in [0, 0.1) is 19.7 Å². The van der Waals surface area contributed by atoms with Crippen molar-refractivity contribution in [3.8, 4) is 5.75 Å². The molecular weight excluding hydrogens is 441 g/mol. The molecule has 4 aromatic rings. The minimum absolute atomic E-state index is 0.251. The Morgan fingerprint density at radius 3 is 2.30 bits per heavy atom. The van der Waals surface area contributed by atoms with Gasteiger partial charge in [-0.25, -0.2) is 4.39 Å². The monoisotopic (exact) mass is 463 g/mol. The van der Waals surface area contributed by atoms with Crippen molar-refractivity contribution in [1.29, 1.82) is 0 Å². The molecular formula is C26H23ClFN3O2. The van der Waals surface area contributed by atoms with Gasteiger partial charge in [-0.15, -0.1) is 0 Å². The number of aryl methyl sites for hydroxylation is 2. The highest BCUT2D eigenvalue weighted by atomic mass is 35.5. The molecule has 1 N–H and O–H groups in total. The Labute approximate surface area is 196 Å². The van der Waals surface area contributed by atoms with E-state index in [0.717, 1.165) is 33.0 Å². The fourth-order valence-corrected chi connectivity index (χ4v) is 3.50. The second-order valence-electron chi connectivity index (χ2n) is 7.84. The fraction of sp³-hybridized carbons (Fsp3) is 0.154. The van der Waals surface area contributed by atoms with Crippen LogP contribution in [0.25, 0.3) is 0 Å². The molecule has 0 saturated carbocycles. The third kappa shape index (κ3) is 5.79. The zero-order valence-corrected chi connectivity index (χ0v) is 19.1. The molecule has 7 heteroatoms. The van der Waals surface area contributed by atoms with E-state index < -0.39 is 0 Å². The van der Waals surface area contributed by atoms with Crippen molar-refractivity contribution < 1.29 is 13.9 Å². The molecule has 1 aromatic heterocycles. The number of halogens is 2. The number of carbonyl (C=O) groups is 1. The molecule has 0 aliphatic heterocycles. The van der Waals surface area contributed by atoms with Crippen molar-refractivity contribution in [2.24, 2.45) is 0 Å². The molecule has 1 amide bonds. The summed E-state index contributed by atoms with van der Waals surface area (Å²) in [4.78, 5) is 12.6. The summed E-state index contributed by atoms with van der Waals surface area (Å²) in [5, 5.41) is 7.90. The Balaban J connectivity index is 1.33. The van der Waals surface area contributed by atoms with Crippen molar-refractivity contribution in [2.45, 2.75) is 27.0 Å². The first-order valence-corrected chi connectivity index (χ1v) is 10.8. The summed E-state index contributed by atoms with van der Waals surface area (Å²) in [6.07, 6.45) is 1.76. The molecule has 5 nitrogen and oxygen atoms in total. The maximum atomic E-state index is 13.0. The van der Waals surface area contributed by atoms with Crippen molar-refractivity contribution in [1.82, 2.24) is 9.78 Å². The van der Waals surface area contributed by atoms with Crippen LogP contribution >= 0.6 is 11.6 Å².